The van der Waals surface area contributed by atoms with Gasteiger partial charge in [0.15, 0.2) is 11.5 Å². The van der Waals surface area contributed by atoms with Gasteiger partial charge in [0.2, 0.25) is 10.0 Å². The molecule has 0 bridgehead atoms. The van der Waals surface area contributed by atoms with Crippen LogP contribution < -0.4 is 14.8 Å². The number of carbonyl (C=O) groups excluding carboxylic acids is 1. The van der Waals surface area contributed by atoms with E-state index in [2.05, 4.69) is 5.32 Å². The van der Waals surface area contributed by atoms with Crippen LogP contribution in [0.5, 0.6) is 11.5 Å². The Bertz CT molecular complexity index is 1090. The second-order valence-corrected chi connectivity index (χ2v) is 9.60. The van der Waals surface area contributed by atoms with E-state index in [1.165, 1.54) is 22.5 Å². The van der Waals surface area contributed by atoms with Crippen LogP contribution in [0.2, 0.25) is 5.02 Å². The zero-order valence-corrected chi connectivity index (χ0v) is 18.5. The fourth-order valence-corrected chi connectivity index (χ4v) is 5.10. The predicted octanol–water partition coefficient (Wildman–Crippen LogP) is 2.62. The van der Waals surface area contributed by atoms with Crippen LogP contribution in [-0.2, 0) is 14.8 Å². The van der Waals surface area contributed by atoms with Gasteiger partial charge in [-0.3, -0.25) is 4.79 Å². The quantitative estimate of drug-likeness (QED) is 0.728. The van der Waals surface area contributed by atoms with E-state index in [0.717, 1.165) is 5.56 Å². The first-order chi connectivity index (χ1) is 14.9. The Morgan fingerprint density at radius 3 is 2.48 bits per heavy atom. The molecule has 4 rings (SSSR count). The SMILES string of the molecule is C[C@@H](NC(=O)c1cc(S(=O)(=O)N2CCOCC2)ccc1Cl)c1ccc2c(c1)OCCO2. The van der Waals surface area contributed by atoms with Crippen LogP contribution in [0.1, 0.15) is 28.9 Å². The first-order valence-corrected chi connectivity index (χ1v) is 11.8. The molecular weight excluding hydrogens is 444 g/mol. The Hall–Kier alpha value is -2.33. The number of hydrogen-bond donors (Lipinski definition) is 1. The van der Waals surface area contributed by atoms with Gasteiger partial charge in [-0.05, 0) is 42.8 Å². The highest BCUT2D eigenvalue weighted by Crippen LogP contribution is 2.33. The summed E-state index contributed by atoms with van der Waals surface area (Å²) in [4.78, 5) is 12.9. The summed E-state index contributed by atoms with van der Waals surface area (Å²) < 4.78 is 43.5. The predicted molar refractivity (Wildman–Crippen MR) is 114 cm³/mol. The number of carbonyl (C=O) groups is 1. The van der Waals surface area contributed by atoms with Crippen molar-refractivity contribution in [1.29, 1.82) is 0 Å². The van der Waals surface area contributed by atoms with Gasteiger partial charge in [0.05, 0.1) is 34.7 Å². The third kappa shape index (κ3) is 4.64. The Balaban J connectivity index is 1.53. The van der Waals surface area contributed by atoms with Gasteiger partial charge in [-0.1, -0.05) is 17.7 Å². The summed E-state index contributed by atoms with van der Waals surface area (Å²) in [5.74, 6) is 0.825. The average Bonchev–Trinajstić information content (AvgIpc) is 2.79. The monoisotopic (exact) mass is 466 g/mol. The van der Waals surface area contributed by atoms with E-state index < -0.39 is 15.9 Å². The number of fused-ring (bicyclic) bond motifs is 1. The molecule has 166 valence electrons. The second-order valence-electron chi connectivity index (χ2n) is 7.26. The van der Waals surface area contributed by atoms with Crippen molar-refractivity contribution in [2.45, 2.75) is 17.9 Å². The van der Waals surface area contributed by atoms with Crippen molar-refractivity contribution in [3.63, 3.8) is 0 Å². The third-order valence-corrected chi connectivity index (χ3v) is 7.43. The molecule has 0 radical (unpaired) electrons. The first kappa shape index (κ1) is 21.9. The third-order valence-electron chi connectivity index (χ3n) is 5.20. The number of halogens is 1. The van der Waals surface area contributed by atoms with Gasteiger partial charge in [-0.25, -0.2) is 8.42 Å². The van der Waals surface area contributed by atoms with Crippen LogP contribution in [0.4, 0.5) is 0 Å². The minimum absolute atomic E-state index is 0.0240. The molecule has 0 aromatic heterocycles. The molecule has 1 saturated heterocycles. The Labute approximate surface area is 186 Å². The minimum Gasteiger partial charge on any atom is -0.486 e. The largest absolute Gasteiger partial charge is 0.486 e. The van der Waals surface area contributed by atoms with Crippen molar-refractivity contribution in [3.8, 4) is 11.5 Å². The highest BCUT2D eigenvalue weighted by Gasteiger charge is 2.28. The summed E-state index contributed by atoms with van der Waals surface area (Å²) in [6.45, 7) is 4.02. The average molecular weight is 467 g/mol. The lowest BCUT2D eigenvalue weighted by molar-refractivity contribution is 0.0730. The Morgan fingerprint density at radius 1 is 1.03 bits per heavy atom. The molecule has 1 fully saturated rings. The van der Waals surface area contributed by atoms with E-state index in [1.807, 2.05) is 19.1 Å². The lowest BCUT2D eigenvalue weighted by Gasteiger charge is -2.26. The highest BCUT2D eigenvalue weighted by atomic mass is 35.5. The normalized spacial score (nSPS) is 17.7. The van der Waals surface area contributed by atoms with Crippen molar-refractivity contribution in [3.05, 3.63) is 52.5 Å². The van der Waals surface area contributed by atoms with Gasteiger partial charge in [0.1, 0.15) is 13.2 Å². The maximum atomic E-state index is 12.9. The number of sulfonamides is 1. The molecule has 0 aliphatic carbocycles. The van der Waals surface area contributed by atoms with Gasteiger partial charge in [0, 0.05) is 13.1 Å². The van der Waals surface area contributed by atoms with Crippen LogP contribution in [-0.4, -0.2) is 58.1 Å². The summed E-state index contributed by atoms with van der Waals surface area (Å²) in [5, 5.41) is 3.04. The van der Waals surface area contributed by atoms with E-state index in [0.29, 0.717) is 37.9 Å². The fourth-order valence-electron chi connectivity index (χ4n) is 3.46. The molecule has 8 nitrogen and oxygen atoms in total. The molecular formula is C21H23ClN2O6S. The molecule has 2 heterocycles. The number of rotatable bonds is 5. The first-order valence-electron chi connectivity index (χ1n) is 9.94. The maximum absolute atomic E-state index is 12.9. The van der Waals surface area contributed by atoms with E-state index >= 15 is 0 Å². The van der Waals surface area contributed by atoms with Crippen LogP contribution in [0.15, 0.2) is 41.3 Å². The zero-order valence-electron chi connectivity index (χ0n) is 17.0. The lowest BCUT2D eigenvalue weighted by Crippen LogP contribution is -2.40. The van der Waals surface area contributed by atoms with Crippen LogP contribution >= 0.6 is 11.6 Å². The lowest BCUT2D eigenvalue weighted by atomic mass is 10.1. The zero-order chi connectivity index (χ0) is 22.0. The van der Waals surface area contributed by atoms with E-state index in [4.69, 9.17) is 25.8 Å². The van der Waals surface area contributed by atoms with E-state index in [-0.39, 0.29) is 34.6 Å². The van der Waals surface area contributed by atoms with Crippen molar-refractivity contribution in [2.75, 3.05) is 39.5 Å². The van der Waals surface area contributed by atoms with Crippen LogP contribution in [0, 0.1) is 0 Å². The molecule has 0 spiro atoms. The van der Waals surface area contributed by atoms with Gasteiger partial charge < -0.3 is 19.5 Å². The molecule has 2 aliphatic heterocycles. The second kappa shape index (κ2) is 9.04. The maximum Gasteiger partial charge on any atom is 0.253 e. The summed E-state index contributed by atoms with van der Waals surface area (Å²) >= 11 is 6.23. The minimum atomic E-state index is -3.74. The molecule has 2 aromatic rings. The number of ether oxygens (including phenoxy) is 3. The number of morpholine rings is 1. The summed E-state index contributed by atoms with van der Waals surface area (Å²) in [5.41, 5.74) is 0.922. The van der Waals surface area contributed by atoms with Gasteiger partial charge >= 0.3 is 0 Å². The highest BCUT2D eigenvalue weighted by molar-refractivity contribution is 7.89. The van der Waals surface area contributed by atoms with Gasteiger partial charge in [0.25, 0.3) is 5.91 Å². The molecule has 2 aliphatic rings. The van der Waals surface area contributed by atoms with Crippen LogP contribution in [0.25, 0.3) is 0 Å². The number of amides is 1. The summed E-state index contributed by atoms with van der Waals surface area (Å²) in [7, 11) is -3.74. The number of nitrogens with zero attached hydrogens (tertiary/aromatic N) is 1. The molecule has 0 saturated carbocycles. The van der Waals surface area contributed by atoms with E-state index in [9.17, 15) is 13.2 Å². The molecule has 0 unspecified atom stereocenters. The summed E-state index contributed by atoms with van der Waals surface area (Å²) in [6, 6.07) is 9.26. The van der Waals surface area contributed by atoms with Crippen molar-refractivity contribution in [2.24, 2.45) is 0 Å². The van der Waals surface area contributed by atoms with Crippen molar-refractivity contribution < 1.29 is 27.4 Å². The molecule has 1 amide bonds. The van der Waals surface area contributed by atoms with Crippen LogP contribution in [0.3, 0.4) is 0 Å². The molecule has 2 aromatic carbocycles. The number of benzene rings is 2. The standard InChI is InChI=1S/C21H23ClN2O6S/c1-14(15-2-5-19-20(12-15)30-11-10-29-19)23-21(25)17-13-16(3-4-18(17)22)31(26,27)24-6-8-28-9-7-24/h2-5,12-14H,6-11H2,1H3,(H,23,25)/t14-/m1/s1. The smallest absolute Gasteiger partial charge is 0.253 e. The molecule has 1 N–H and O–H groups in total. The molecule has 31 heavy (non-hydrogen) atoms. The van der Waals surface area contributed by atoms with Gasteiger partial charge in [-0.15, -0.1) is 0 Å². The number of hydrogen-bond acceptors (Lipinski definition) is 6. The fraction of sp³-hybridized carbons (Fsp3) is 0.381. The Morgan fingerprint density at radius 2 is 1.74 bits per heavy atom. The van der Waals surface area contributed by atoms with Crippen molar-refractivity contribution in [1.82, 2.24) is 9.62 Å². The number of nitrogens with one attached hydrogen (secondary N) is 1. The molecule has 10 heteroatoms. The van der Waals surface area contributed by atoms with Crippen molar-refractivity contribution >= 4 is 27.5 Å². The topological polar surface area (TPSA) is 94.2 Å². The summed E-state index contributed by atoms with van der Waals surface area (Å²) in [6.07, 6.45) is 0. The van der Waals surface area contributed by atoms with E-state index in [1.54, 1.807) is 6.07 Å². The Kier molecular flexibility index (Phi) is 6.38. The molecule has 1 atom stereocenters. The van der Waals surface area contributed by atoms with Gasteiger partial charge in [-0.2, -0.15) is 4.31 Å².